The lowest BCUT2D eigenvalue weighted by Gasteiger charge is -2.44. The van der Waals surface area contributed by atoms with Crippen LogP contribution in [0, 0.1) is 5.92 Å². The predicted molar refractivity (Wildman–Crippen MR) is 56.8 cm³/mol. The molecule has 4 nitrogen and oxygen atoms in total. The van der Waals surface area contributed by atoms with Crippen molar-refractivity contribution < 1.29 is 4.79 Å². The van der Waals surface area contributed by atoms with Crippen molar-refractivity contribution in [3.8, 4) is 0 Å². The highest BCUT2D eigenvalue weighted by atomic mass is 16.2. The van der Waals surface area contributed by atoms with E-state index < -0.39 is 0 Å². The first-order valence-electron chi connectivity index (χ1n) is 5.25. The molecule has 0 unspecified atom stereocenters. The highest BCUT2D eigenvalue weighted by Gasteiger charge is 2.38. The molecule has 0 radical (unpaired) electrons. The minimum Gasteiger partial charge on any atom is -0.351 e. The van der Waals surface area contributed by atoms with Crippen LogP contribution >= 0.6 is 0 Å². The first kappa shape index (κ1) is 11.3. The number of carbonyl (C=O) groups is 1. The topological polar surface area (TPSA) is 72.3 Å². The van der Waals surface area contributed by atoms with Gasteiger partial charge in [-0.05, 0) is 31.6 Å². The molecule has 82 valence electrons. The Labute approximate surface area is 85.6 Å². The van der Waals surface area contributed by atoms with Gasteiger partial charge in [-0.2, -0.15) is 0 Å². The van der Waals surface area contributed by atoms with Gasteiger partial charge in [0, 0.05) is 13.6 Å². The molecule has 0 spiro atoms. The van der Waals surface area contributed by atoms with Gasteiger partial charge in [0.05, 0.1) is 5.54 Å². The summed E-state index contributed by atoms with van der Waals surface area (Å²) in [6.07, 6.45) is 4.22. The van der Waals surface area contributed by atoms with E-state index in [9.17, 15) is 4.79 Å². The zero-order valence-corrected chi connectivity index (χ0v) is 9.12. The van der Waals surface area contributed by atoms with Crippen molar-refractivity contribution in [3.05, 3.63) is 0 Å². The Morgan fingerprint density at radius 1 is 1.50 bits per heavy atom. The Hall–Kier alpha value is -0.770. The average molecular weight is 199 g/mol. The van der Waals surface area contributed by atoms with Crippen LogP contribution in [0.2, 0.25) is 0 Å². The highest BCUT2D eigenvalue weighted by Crippen LogP contribution is 2.34. The lowest BCUT2D eigenvalue weighted by Crippen LogP contribution is -2.57. The predicted octanol–water partition coefficient (Wildman–Crippen LogP) is 0.904. The second-order valence-corrected chi connectivity index (χ2v) is 4.51. The fourth-order valence-electron chi connectivity index (χ4n) is 2.21. The number of amides is 2. The number of urea groups is 1. The van der Waals surface area contributed by atoms with Crippen LogP contribution in [-0.2, 0) is 0 Å². The van der Waals surface area contributed by atoms with Crippen LogP contribution in [0.25, 0.3) is 0 Å². The fraction of sp³-hybridized carbons (Fsp3) is 0.900. The molecule has 0 bridgehead atoms. The molecule has 1 aliphatic carbocycles. The number of nitrogens with zero attached hydrogens (tertiary/aromatic N) is 1. The maximum atomic E-state index is 11.1. The van der Waals surface area contributed by atoms with Crippen molar-refractivity contribution in [1.82, 2.24) is 4.90 Å². The summed E-state index contributed by atoms with van der Waals surface area (Å²) < 4.78 is 0. The molecule has 0 aromatic rings. The molecule has 0 aromatic carbocycles. The van der Waals surface area contributed by atoms with Crippen LogP contribution in [0.3, 0.4) is 0 Å². The molecule has 0 aromatic heterocycles. The maximum absolute atomic E-state index is 11.1. The molecule has 0 saturated heterocycles. The molecule has 4 heteroatoms. The molecule has 14 heavy (non-hydrogen) atoms. The van der Waals surface area contributed by atoms with Crippen molar-refractivity contribution in [3.63, 3.8) is 0 Å². The summed E-state index contributed by atoms with van der Waals surface area (Å²) >= 11 is 0. The van der Waals surface area contributed by atoms with Crippen molar-refractivity contribution in [2.75, 3.05) is 13.6 Å². The van der Waals surface area contributed by atoms with Crippen LogP contribution in [0.1, 0.15) is 32.6 Å². The Balaban J connectivity index is 2.71. The van der Waals surface area contributed by atoms with Crippen molar-refractivity contribution >= 4 is 6.03 Å². The first-order chi connectivity index (χ1) is 6.52. The third kappa shape index (κ3) is 2.00. The highest BCUT2D eigenvalue weighted by molar-refractivity contribution is 5.72. The van der Waals surface area contributed by atoms with Gasteiger partial charge >= 0.3 is 6.03 Å². The van der Waals surface area contributed by atoms with E-state index in [-0.39, 0.29) is 11.6 Å². The summed E-state index contributed by atoms with van der Waals surface area (Å²) in [5.41, 5.74) is 10.9. The molecule has 0 atom stereocenters. The van der Waals surface area contributed by atoms with Crippen molar-refractivity contribution in [1.29, 1.82) is 0 Å². The summed E-state index contributed by atoms with van der Waals surface area (Å²) in [6, 6.07) is -0.370. The zero-order valence-electron chi connectivity index (χ0n) is 9.12. The van der Waals surface area contributed by atoms with E-state index in [0.717, 1.165) is 31.6 Å². The van der Waals surface area contributed by atoms with Gasteiger partial charge in [-0.1, -0.05) is 6.92 Å². The van der Waals surface area contributed by atoms with E-state index in [1.165, 1.54) is 0 Å². The standard InChI is InChI=1S/C10H21N3O/c1-8-3-5-10(7-11,6-4-8)13(2)9(12)14/h8H,3-7,11H2,1-2H3,(H2,12,14). The molecule has 1 saturated carbocycles. The van der Waals surface area contributed by atoms with Gasteiger partial charge in [0.2, 0.25) is 0 Å². The van der Waals surface area contributed by atoms with E-state index in [4.69, 9.17) is 11.5 Å². The van der Waals surface area contributed by atoms with Gasteiger partial charge in [-0.3, -0.25) is 0 Å². The smallest absolute Gasteiger partial charge is 0.315 e. The first-order valence-corrected chi connectivity index (χ1v) is 5.25. The maximum Gasteiger partial charge on any atom is 0.315 e. The van der Waals surface area contributed by atoms with Gasteiger partial charge in [0.25, 0.3) is 0 Å². The van der Waals surface area contributed by atoms with Gasteiger partial charge in [0.1, 0.15) is 0 Å². The van der Waals surface area contributed by atoms with Crippen LogP contribution in [-0.4, -0.2) is 30.1 Å². The molecule has 2 amide bonds. The van der Waals surface area contributed by atoms with Crippen LogP contribution in [0.4, 0.5) is 4.79 Å². The second kappa shape index (κ2) is 4.17. The Kier molecular flexibility index (Phi) is 3.37. The largest absolute Gasteiger partial charge is 0.351 e. The van der Waals surface area contributed by atoms with E-state index in [1.54, 1.807) is 11.9 Å². The Morgan fingerprint density at radius 3 is 2.36 bits per heavy atom. The summed E-state index contributed by atoms with van der Waals surface area (Å²) in [4.78, 5) is 12.8. The summed E-state index contributed by atoms with van der Waals surface area (Å²) in [6.45, 7) is 2.75. The molecule has 1 rings (SSSR count). The van der Waals surface area contributed by atoms with Gasteiger partial charge in [0.15, 0.2) is 0 Å². The zero-order chi connectivity index (χ0) is 10.8. The number of rotatable bonds is 2. The molecule has 1 aliphatic rings. The normalized spacial score (nSPS) is 32.6. The molecule has 1 fully saturated rings. The monoisotopic (exact) mass is 199 g/mol. The minimum atomic E-state index is -0.370. The number of likely N-dealkylation sites (N-methyl/N-ethyl adjacent to an activating group) is 1. The summed E-state index contributed by atoms with van der Waals surface area (Å²) in [5, 5.41) is 0. The Morgan fingerprint density at radius 2 is 2.00 bits per heavy atom. The van der Waals surface area contributed by atoms with E-state index in [0.29, 0.717) is 6.54 Å². The number of nitrogens with two attached hydrogens (primary N) is 2. The number of primary amides is 1. The lowest BCUT2D eigenvalue weighted by molar-refractivity contribution is 0.0947. The summed E-state index contributed by atoms with van der Waals surface area (Å²) in [5.74, 6) is 0.746. The van der Waals surface area contributed by atoms with Crippen LogP contribution < -0.4 is 11.5 Å². The molecular formula is C10H21N3O. The van der Waals surface area contributed by atoms with Crippen LogP contribution in [0.5, 0.6) is 0 Å². The molecule has 0 aliphatic heterocycles. The number of carbonyl (C=O) groups excluding carboxylic acids is 1. The third-order valence-electron chi connectivity index (χ3n) is 3.63. The number of hydrogen-bond acceptors (Lipinski definition) is 2. The van der Waals surface area contributed by atoms with Crippen molar-refractivity contribution in [2.45, 2.75) is 38.1 Å². The third-order valence-corrected chi connectivity index (χ3v) is 3.63. The number of hydrogen-bond donors (Lipinski definition) is 2. The van der Waals surface area contributed by atoms with E-state index >= 15 is 0 Å². The molecular weight excluding hydrogens is 178 g/mol. The van der Waals surface area contributed by atoms with Gasteiger partial charge < -0.3 is 16.4 Å². The van der Waals surface area contributed by atoms with E-state index in [2.05, 4.69) is 6.92 Å². The molecule has 0 heterocycles. The van der Waals surface area contributed by atoms with Gasteiger partial charge in [-0.15, -0.1) is 0 Å². The fourth-order valence-corrected chi connectivity index (χ4v) is 2.21. The van der Waals surface area contributed by atoms with E-state index in [1.807, 2.05) is 0 Å². The van der Waals surface area contributed by atoms with Gasteiger partial charge in [-0.25, -0.2) is 4.79 Å². The molecule has 4 N–H and O–H groups in total. The Bertz CT molecular complexity index is 209. The average Bonchev–Trinajstić information content (AvgIpc) is 2.18. The summed E-state index contributed by atoms with van der Waals surface area (Å²) in [7, 11) is 1.76. The minimum absolute atomic E-state index is 0.182. The lowest BCUT2D eigenvalue weighted by atomic mass is 9.76. The van der Waals surface area contributed by atoms with Crippen molar-refractivity contribution in [2.24, 2.45) is 17.4 Å². The quantitative estimate of drug-likeness (QED) is 0.693. The van der Waals surface area contributed by atoms with Crippen LogP contribution in [0.15, 0.2) is 0 Å². The second-order valence-electron chi connectivity index (χ2n) is 4.51. The SMILES string of the molecule is CC1CCC(CN)(N(C)C(N)=O)CC1.